The maximum atomic E-state index is 12.7. The first kappa shape index (κ1) is 19.2. The van der Waals surface area contributed by atoms with Crippen molar-refractivity contribution in [3.05, 3.63) is 89.5 Å². The molecule has 0 bridgehead atoms. The molecule has 6 nitrogen and oxygen atoms in total. The molecular weight excluding hydrogens is 352 g/mol. The van der Waals surface area contributed by atoms with Gasteiger partial charge < -0.3 is 10.2 Å². The van der Waals surface area contributed by atoms with Crippen molar-refractivity contribution in [2.45, 2.75) is 13.3 Å². The molecule has 1 aromatic carbocycles. The predicted molar refractivity (Wildman–Crippen MR) is 108 cm³/mol. The zero-order chi connectivity index (χ0) is 19.9. The zero-order valence-electron chi connectivity index (χ0n) is 15.9. The summed E-state index contributed by atoms with van der Waals surface area (Å²) >= 11 is 0. The lowest BCUT2D eigenvalue weighted by atomic mass is 10.1. The number of nitrogens with zero attached hydrogens (tertiary/aromatic N) is 3. The largest absolute Gasteiger partial charge is 0.341 e. The number of anilines is 1. The average molecular weight is 374 g/mol. The van der Waals surface area contributed by atoms with Gasteiger partial charge in [-0.3, -0.25) is 19.6 Å². The van der Waals surface area contributed by atoms with E-state index < -0.39 is 0 Å². The van der Waals surface area contributed by atoms with Crippen LogP contribution in [0.2, 0.25) is 0 Å². The van der Waals surface area contributed by atoms with Crippen LogP contribution in [0.1, 0.15) is 32.0 Å². The topological polar surface area (TPSA) is 75.2 Å². The number of amides is 2. The molecule has 0 aliphatic carbocycles. The van der Waals surface area contributed by atoms with Crippen molar-refractivity contribution in [1.82, 2.24) is 14.9 Å². The fourth-order valence-corrected chi connectivity index (χ4v) is 2.76. The summed E-state index contributed by atoms with van der Waals surface area (Å²) in [5.74, 6) is -0.496. The number of hydrogen-bond acceptors (Lipinski definition) is 4. The summed E-state index contributed by atoms with van der Waals surface area (Å²) in [6, 6.07) is 14.5. The van der Waals surface area contributed by atoms with Crippen LogP contribution in [0.3, 0.4) is 0 Å². The van der Waals surface area contributed by atoms with Gasteiger partial charge in [0.25, 0.3) is 11.8 Å². The van der Waals surface area contributed by atoms with Gasteiger partial charge in [0.1, 0.15) is 5.69 Å². The third-order valence-electron chi connectivity index (χ3n) is 4.46. The number of pyridine rings is 2. The summed E-state index contributed by atoms with van der Waals surface area (Å²) in [5.41, 5.74) is 3.43. The quantitative estimate of drug-likeness (QED) is 0.718. The van der Waals surface area contributed by atoms with Crippen LogP contribution >= 0.6 is 0 Å². The summed E-state index contributed by atoms with van der Waals surface area (Å²) in [4.78, 5) is 35.0. The molecule has 0 aliphatic rings. The molecule has 2 aromatic heterocycles. The molecule has 0 radical (unpaired) electrons. The van der Waals surface area contributed by atoms with Gasteiger partial charge in [-0.2, -0.15) is 0 Å². The molecule has 0 saturated carbocycles. The normalized spacial score (nSPS) is 10.4. The monoisotopic (exact) mass is 374 g/mol. The highest BCUT2D eigenvalue weighted by molar-refractivity contribution is 6.05. The van der Waals surface area contributed by atoms with Gasteiger partial charge in [-0.1, -0.05) is 18.2 Å². The zero-order valence-corrected chi connectivity index (χ0v) is 15.9. The van der Waals surface area contributed by atoms with Crippen LogP contribution in [-0.2, 0) is 6.42 Å². The third-order valence-corrected chi connectivity index (χ3v) is 4.46. The standard InChI is InChI=1S/C22H22N4O2/c1-16-5-3-4-6-19(16)25-21(27)20-15-18(9-13-24-20)22(28)26(2)14-10-17-7-11-23-12-8-17/h3-9,11-13,15H,10,14H2,1-2H3,(H,25,27). The van der Waals surface area contributed by atoms with E-state index in [1.165, 1.54) is 12.3 Å². The van der Waals surface area contributed by atoms with Gasteiger partial charge >= 0.3 is 0 Å². The first-order valence-electron chi connectivity index (χ1n) is 9.02. The van der Waals surface area contributed by atoms with Gasteiger partial charge in [0, 0.05) is 43.4 Å². The second-order valence-electron chi connectivity index (χ2n) is 6.53. The van der Waals surface area contributed by atoms with Crippen molar-refractivity contribution in [2.24, 2.45) is 0 Å². The first-order chi connectivity index (χ1) is 13.5. The van der Waals surface area contributed by atoms with Crippen molar-refractivity contribution in [2.75, 3.05) is 18.9 Å². The van der Waals surface area contributed by atoms with Gasteiger partial charge in [-0.25, -0.2) is 0 Å². The summed E-state index contributed by atoms with van der Waals surface area (Å²) in [6.07, 6.45) is 5.69. The van der Waals surface area contributed by atoms with Gasteiger partial charge in [-0.05, 0) is 54.8 Å². The Morgan fingerprint density at radius 2 is 1.79 bits per heavy atom. The number of hydrogen-bond donors (Lipinski definition) is 1. The number of aromatic nitrogens is 2. The van der Waals surface area contributed by atoms with Crippen LogP contribution in [0.4, 0.5) is 5.69 Å². The third kappa shape index (κ3) is 4.79. The van der Waals surface area contributed by atoms with Crippen LogP contribution in [0.5, 0.6) is 0 Å². The Kier molecular flexibility index (Phi) is 6.11. The lowest BCUT2D eigenvalue weighted by Crippen LogP contribution is -2.29. The summed E-state index contributed by atoms with van der Waals surface area (Å²) in [7, 11) is 1.75. The van der Waals surface area contributed by atoms with Crippen molar-refractivity contribution in [1.29, 1.82) is 0 Å². The van der Waals surface area contributed by atoms with Gasteiger partial charge in [-0.15, -0.1) is 0 Å². The minimum absolute atomic E-state index is 0.151. The molecule has 2 heterocycles. The maximum Gasteiger partial charge on any atom is 0.274 e. The van der Waals surface area contributed by atoms with Gasteiger partial charge in [0.05, 0.1) is 0 Å². The number of aryl methyl sites for hydroxylation is 1. The molecule has 1 N–H and O–H groups in total. The van der Waals surface area contributed by atoms with Gasteiger partial charge in [0.2, 0.25) is 0 Å². The molecule has 0 atom stereocenters. The molecule has 0 aliphatic heterocycles. The van der Waals surface area contributed by atoms with E-state index in [-0.39, 0.29) is 17.5 Å². The van der Waals surface area contributed by atoms with E-state index in [9.17, 15) is 9.59 Å². The lowest BCUT2D eigenvalue weighted by molar-refractivity contribution is 0.0796. The molecule has 142 valence electrons. The average Bonchev–Trinajstić information content (AvgIpc) is 2.74. The van der Waals surface area contributed by atoms with E-state index >= 15 is 0 Å². The van der Waals surface area contributed by atoms with Gasteiger partial charge in [0.15, 0.2) is 0 Å². The van der Waals surface area contributed by atoms with E-state index in [1.807, 2.05) is 43.3 Å². The van der Waals surface area contributed by atoms with E-state index in [4.69, 9.17) is 0 Å². The fourth-order valence-electron chi connectivity index (χ4n) is 2.76. The second-order valence-corrected chi connectivity index (χ2v) is 6.53. The highest BCUT2D eigenvalue weighted by Crippen LogP contribution is 2.15. The Bertz CT molecular complexity index is 973. The molecule has 3 aromatic rings. The van der Waals surface area contributed by atoms with Crippen molar-refractivity contribution >= 4 is 17.5 Å². The maximum absolute atomic E-state index is 12.7. The number of benzene rings is 1. The molecule has 0 unspecified atom stereocenters. The van der Waals surface area contributed by atoms with E-state index in [2.05, 4.69) is 15.3 Å². The molecule has 0 fully saturated rings. The summed E-state index contributed by atoms with van der Waals surface area (Å²) < 4.78 is 0. The number of rotatable bonds is 6. The SMILES string of the molecule is Cc1ccccc1NC(=O)c1cc(C(=O)N(C)CCc2ccncc2)ccn1. The highest BCUT2D eigenvalue weighted by atomic mass is 16.2. The second kappa shape index (κ2) is 8.90. The first-order valence-corrected chi connectivity index (χ1v) is 9.02. The highest BCUT2D eigenvalue weighted by Gasteiger charge is 2.15. The van der Waals surface area contributed by atoms with Crippen LogP contribution in [0.25, 0.3) is 0 Å². The number of para-hydroxylation sites is 1. The minimum Gasteiger partial charge on any atom is -0.341 e. The van der Waals surface area contributed by atoms with Crippen LogP contribution in [-0.4, -0.2) is 40.3 Å². The van der Waals surface area contributed by atoms with E-state index in [0.29, 0.717) is 12.1 Å². The number of carbonyl (C=O) groups is 2. The van der Waals surface area contributed by atoms with Crippen LogP contribution in [0, 0.1) is 6.92 Å². The summed E-state index contributed by atoms with van der Waals surface area (Å²) in [6.45, 7) is 2.48. The van der Waals surface area contributed by atoms with Crippen molar-refractivity contribution in [3.63, 3.8) is 0 Å². The molecule has 2 amide bonds. The smallest absolute Gasteiger partial charge is 0.274 e. The molecule has 6 heteroatoms. The van der Waals surface area contributed by atoms with Crippen molar-refractivity contribution in [3.8, 4) is 0 Å². The number of nitrogens with one attached hydrogen (secondary N) is 1. The number of likely N-dealkylation sites (N-methyl/N-ethyl adjacent to an activating group) is 1. The van der Waals surface area contributed by atoms with E-state index in [0.717, 1.165) is 23.2 Å². The Balaban J connectivity index is 1.67. The van der Waals surface area contributed by atoms with Crippen LogP contribution in [0.15, 0.2) is 67.1 Å². The van der Waals surface area contributed by atoms with Crippen molar-refractivity contribution < 1.29 is 9.59 Å². The Labute approximate surface area is 164 Å². The Morgan fingerprint density at radius 3 is 2.54 bits per heavy atom. The van der Waals surface area contributed by atoms with Crippen LogP contribution < -0.4 is 5.32 Å². The Morgan fingerprint density at radius 1 is 1.04 bits per heavy atom. The molecule has 0 spiro atoms. The number of carbonyl (C=O) groups excluding carboxylic acids is 2. The molecule has 28 heavy (non-hydrogen) atoms. The summed E-state index contributed by atoms with van der Waals surface area (Å²) in [5, 5.41) is 2.84. The predicted octanol–water partition coefficient (Wildman–Crippen LogP) is 3.35. The minimum atomic E-state index is -0.344. The molecule has 0 saturated heterocycles. The molecular formula is C22H22N4O2. The van der Waals surface area contributed by atoms with E-state index in [1.54, 1.807) is 30.4 Å². The lowest BCUT2D eigenvalue weighted by Gasteiger charge is -2.17. The Hall–Kier alpha value is -3.54. The molecule has 3 rings (SSSR count). The fraction of sp³-hybridized carbons (Fsp3) is 0.182.